The van der Waals surface area contributed by atoms with Gasteiger partial charge in [0.1, 0.15) is 0 Å². The van der Waals surface area contributed by atoms with Gasteiger partial charge in [0, 0.05) is 12.6 Å². The first-order valence-electron chi connectivity index (χ1n) is 9.15. The Morgan fingerprint density at radius 3 is 2.62 bits per heavy atom. The van der Waals surface area contributed by atoms with E-state index < -0.39 is 11.7 Å². The number of rotatable bonds is 6. The lowest BCUT2D eigenvalue weighted by atomic mass is 9.94. The number of likely N-dealkylation sites (tertiary alicyclic amines) is 1. The van der Waals surface area contributed by atoms with Crippen LogP contribution in [0.25, 0.3) is 0 Å². The SMILES string of the molecule is CCCCn1nnnc1CN1CCCCC1c1ccc(C(F)(F)F)cc1. The monoisotopic (exact) mass is 367 g/mol. The minimum Gasteiger partial charge on any atom is -0.289 e. The van der Waals surface area contributed by atoms with Crippen LogP contribution in [0, 0.1) is 0 Å². The summed E-state index contributed by atoms with van der Waals surface area (Å²) in [5.74, 6) is 0.817. The highest BCUT2D eigenvalue weighted by atomic mass is 19.4. The van der Waals surface area contributed by atoms with Gasteiger partial charge in [-0.25, -0.2) is 4.68 Å². The summed E-state index contributed by atoms with van der Waals surface area (Å²) >= 11 is 0. The number of benzene rings is 1. The molecule has 0 radical (unpaired) electrons. The van der Waals surface area contributed by atoms with Gasteiger partial charge >= 0.3 is 6.18 Å². The topological polar surface area (TPSA) is 46.8 Å². The van der Waals surface area contributed by atoms with Crippen LogP contribution in [0.15, 0.2) is 24.3 Å². The van der Waals surface area contributed by atoms with Gasteiger partial charge in [-0.3, -0.25) is 4.90 Å². The average molecular weight is 367 g/mol. The molecule has 1 aliphatic heterocycles. The molecule has 0 aliphatic carbocycles. The molecule has 8 heteroatoms. The average Bonchev–Trinajstić information content (AvgIpc) is 3.07. The minimum absolute atomic E-state index is 0.0994. The van der Waals surface area contributed by atoms with Gasteiger partial charge in [-0.2, -0.15) is 13.2 Å². The Kier molecular flexibility index (Phi) is 5.90. The summed E-state index contributed by atoms with van der Waals surface area (Å²) in [5, 5.41) is 12.0. The van der Waals surface area contributed by atoms with Crippen LogP contribution in [0.1, 0.15) is 62.0 Å². The van der Waals surface area contributed by atoms with Gasteiger partial charge in [0.15, 0.2) is 5.82 Å². The van der Waals surface area contributed by atoms with E-state index in [0.29, 0.717) is 6.54 Å². The fourth-order valence-corrected chi connectivity index (χ4v) is 3.45. The number of aromatic nitrogens is 4. The molecule has 2 aromatic rings. The number of piperidine rings is 1. The van der Waals surface area contributed by atoms with Gasteiger partial charge in [0.2, 0.25) is 0 Å². The maximum absolute atomic E-state index is 12.8. The Bertz CT molecular complexity index is 696. The molecule has 1 unspecified atom stereocenters. The Hall–Kier alpha value is -1.96. The zero-order valence-electron chi connectivity index (χ0n) is 14.9. The van der Waals surface area contributed by atoms with Crippen LogP contribution in [-0.4, -0.2) is 31.7 Å². The Labute approximate surface area is 151 Å². The number of nitrogens with zero attached hydrogens (tertiary/aromatic N) is 5. The number of aryl methyl sites for hydroxylation is 1. The van der Waals surface area contributed by atoms with Crippen molar-refractivity contribution in [1.82, 2.24) is 25.1 Å². The molecule has 0 spiro atoms. The number of hydrogen-bond acceptors (Lipinski definition) is 4. The molecule has 0 amide bonds. The van der Waals surface area contributed by atoms with Crippen LogP contribution < -0.4 is 0 Å². The van der Waals surface area contributed by atoms with E-state index in [1.807, 2.05) is 4.68 Å². The standard InChI is InChI=1S/C18H24F3N5/c1-2-3-12-26-17(22-23-24-26)13-25-11-5-4-6-16(25)14-7-9-15(10-8-14)18(19,20)21/h7-10,16H,2-6,11-13H2,1H3. The van der Waals surface area contributed by atoms with Gasteiger partial charge in [0.25, 0.3) is 0 Å². The molecule has 0 bridgehead atoms. The van der Waals surface area contributed by atoms with Crippen LogP contribution in [0.4, 0.5) is 13.2 Å². The molecule has 2 heterocycles. The van der Waals surface area contributed by atoms with Gasteiger partial charge in [-0.1, -0.05) is 31.9 Å². The first-order chi connectivity index (χ1) is 12.5. The van der Waals surface area contributed by atoms with Crippen molar-refractivity contribution in [2.24, 2.45) is 0 Å². The van der Waals surface area contributed by atoms with E-state index in [9.17, 15) is 13.2 Å². The van der Waals surface area contributed by atoms with E-state index in [0.717, 1.165) is 56.6 Å². The summed E-state index contributed by atoms with van der Waals surface area (Å²) in [6, 6.07) is 5.65. The second-order valence-corrected chi connectivity index (χ2v) is 6.77. The van der Waals surface area contributed by atoms with Crippen molar-refractivity contribution in [3.05, 3.63) is 41.2 Å². The van der Waals surface area contributed by atoms with Gasteiger partial charge in [0.05, 0.1) is 12.1 Å². The third-order valence-corrected chi connectivity index (χ3v) is 4.91. The first kappa shape index (κ1) is 18.8. The highest BCUT2D eigenvalue weighted by Crippen LogP contribution is 2.34. The molecule has 142 valence electrons. The summed E-state index contributed by atoms with van der Waals surface area (Å²) in [6.45, 7) is 4.42. The van der Waals surface area contributed by atoms with E-state index >= 15 is 0 Å². The summed E-state index contributed by atoms with van der Waals surface area (Å²) < 4.78 is 40.2. The molecule has 1 saturated heterocycles. The summed E-state index contributed by atoms with van der Waals surface area (Å²) in [6.07, 6.45) is 0.863. The van der Waals surface area contributed by atoms with Crippen molar-refractivity contribution in [3.8, 4) is 0 Å². The van der Waals surface area contributed by atoms with Crippen molar-refractivity contribution in [2.75, 3.05) is 6.54 Å². The quantitative estimate of drug-likeness (QED) is 0.767. The highest BCUT2D eigenvalue weighted by molar-refractivity contribution is 5.27. The summed E-state index contributed by atoms with van der Waals surface area (Å²) in [5.41, 5.74) is 0.317. The molecular formula is C18H24F3N5. The predicted molar refractivity (Wildman–Crippen MR) is 91.2 cm³/mol. The van der Waals surface area contributed by atoms with Crippen LogP contribution in [-0.2, 0) is 19.3 Å². The fraction of sp³-hybridized carbons (Fsp3) is 0.611. The molecule has 0 N–H and O–H groups in total. The van der Waals surface area contributed by atoms with E-state index in [-0.39, 0.29) is 6.04 Å². The number of unbranched alkanes of at least 4 members (excludes halogenated alkanes) is 1. The van der Waals surface area contributed by atoms with Crippen LogP contribution in [0.5, 0.6) is 0 Å². The maximum Gasteiger partial charge on any atom is 0.416 e. The lowest BCUT2D eigenvalue weighted by Gasteiger charge is -2.35. The Balaban J connectivity index is 1.75. The van der Waals surface area contributed by atoms with Crippen molar-refractivity contribution in [2.45, 2.75) is 64.3 Å². The highest BCUT2D eigenvalue weighted by Gasteiger charge is 2.31. The zero-order chi connectivity index (χ0) is 18.6. The van der Waals surface area contributed by atoms with E-state index in [2.05, 4.69) is 27.3 Å². The third kappa shape index (κ3) is 4.41. The molecule has 0 saturated carbocycles. The minimum atomic E-state index is -4.30. The molecule has 1 aromatic heterocycles. The predicted octanol–water partition coefficient (Wildman–Crippen LogP) is 4.22. The summed E-state index contributed by atoms with van der Waals surface area (Å²) in [4.78, 5) is 2.28. The van der Waals surface area contributed by atoms with Crippen molar-refractivity contribution >= 4 is 0 Å². The van der Waals surface area contributed by atoms with Crippen molar-refractivity contribution < 1.29 is 13.2 Å². The number of tetrazole rings is 1. The third-order valence-electron chi connectivity index (χ3n) is 4.91. The first-order valence-corrected chi connectivity index (χ1v) is 9.15. The van der Waals surface area contributed by atoms with Crippen LogP contribution >= 0.6 is 0 Å². The molecular weight excluding hydrogens is 343 g/mol. The smallest absolute Gasteiger partial charge is 0.289 e. The lowest BCUT2D eigenvalue weighted by Crippen LogP contribution is -2.34. The van der Waals surface area contributed by atoms with Crippen molar-refractivity contribution in [1.29, 1.82) is 0 Å². The molecule has 1 atom stereocenters. The normalized spacial score (nSPS) is 19.0. The molecule has 1 fully saturated rings. The number of halogens is 3. The van der Waals surface area contributed by atoms with E-state index in [1.165, 1.54) is 12.1 Å². The number of alkyl halides is 3. The van der Waals surface area contributed by atoms with E-state index in [1.54, 1.807) is 12.1 Å². The van der Waals surface area contributed by atoms with Crippen LogP contribution in [0.3, 0.4) is 0 Å². The van der Waals surface area contributed by atoms with Crippen LogP contribution in [0.2, 0.25) is 0 Å². The largest absolute Gasteiger partial charge is 0.416 e. The lowest BCUT2D eigenvalue weighted by molar-refractivity contribution is -0.137. The fourth-order valence-electron chi connectivity index (χ4n) is 3.45. The zero-order valence-corrected chi connectivity index (χ0v) is 14.9. The molecule has 1 aromatic carbocycles. The maximum atomic E-state index is 12.8. The molecule has 3 rings (SSSR count). The number of hydrogen-bond donors (Lipinski definition) is 0. The second-order valence-electron chi connectivity index (χ2n) is 6.77. The Morgan fingerprint density at radius 1 is 1.15 bits per heavy atom. The second kappa shape index (κ2) is 8.16. The van der Waals surface area contributed by atoms with Gasteiger partial charge < -0.3 is 0 Å². The molecule has 1 aliphatic rings. The van der Waals surface area contributed by atoms with Gasteiger partial charge in [-0.05, 0) is 53.9 Å². The van der Waals surface area contributed by atoms with Crippen molar-refractivity contribution in [3.63, 3.8) is 0 Å². The van der Waals surface area contributed by atoms with E-state index in [4.69, 9.17) is 0 Å². The summed E-state index contributed by atoms with van der Waals surface area (Å²) in [7, 11) is 0. The molecule has 5 nitrogen and oxygen atoms in total. The molecule has 26 heavy (non-hydrogen) atoms. The Morgan fingerprint density at radius 2 is 1.92 bits per heavy atom. The van der Waals surface area contributed by atoms with Gasteiger partial charge in [-0.15, -0.1) is 5.10 Å².